The van der Waals surface area contributed by atoms with Crippen LogP contribution < -0.4 is 10.6 Å². The van der Waals surface area contributed by atoms with Gasteiger partial charge in [-0.2, -0.15) is 0 Å². The summed E-state index contributed by atoms with van der Waals surface area (Å²) >= 11 is 0. The first-order valence-electron chi connectivity index (χ1n) is 8.09. The first-order chi connectivity index (χ1) is 11.0. The zero-order chi connectivity index (χ0) is 16.4. The van der Waals surface area contributed by atoms with Gasteiger partial charge in [-0.05, 0) is 50.7 Å². The van der Waals surface area contributed by atoms with E-state index in [1.807, 2.05) is 0 Å². The largest absolute Gasteiger partial charge is 0.353 e. The Morgan fingerprint density at radius 2 is 1.48 bits per heavy atom. The number of hydrogen-bond acceptors (Lipinski definition) is 2. The average Bonchev–Trinajstić information content (AvgIpc) is 3.35. The monoisotopic (exact) mass is 322 g/mol. The predicted molar refractivity (Wildman–Crippen MR) is 81.6 cm³/mol. The quantitative estimate of drug-likeness (QED) is 0.895. The van der Waals surface area contributed by atoms with Crippen molar-refractivity contribution in [3.8, 4) is 0 Å². The van der Waals surface area contributed by atoms with Crippen molar-refractivity contribution in [2.75, 3.05) is 5.32 Å². The number of rotatable bonds is 4. The highest BCUT2D eigenvalue weighted by Gasteiger charge is 2.32. The lowest BCUT2D eigenvalue weighted by Gasteiger charge is -2.27. The summed E-state index contributed by atoms with van der Waals surface area (Å²) < 4.78 is 26.0. The van der Waals surface area contributed by atoms with Crippen LogP contribution in [0.2, 0.25) is 0 Å². The summed E-state index contributed by atoms with van der Waals surface area (Å²) in [5.74, 6) is -2.21. The maximum Gasteiger partial charge on any atom is 0.227 e. The van der Waals surface area contributed by atoms with Gasteiger partial charge in [0.2, 0.25) is 11.8 Å². The summed E-state index contributed by atoms with van der Waals surface area (Å²) in [4.78, 5) is 24.2. The summed E-state index contributed by atoms with van der Waals surface area (Å²) in [6.45, 7) is 0. The minimum absolute atomic E-state index is 0.0112. The van der Waals surface area contributed by atoms with E-state index in [9.17, 15) is 18.4 Å². The lowest BCUT2D eigenvalue weighted by atomic mass is 9.81. The van der Waals surface area contributed by atoms with Crippen LogP contribution in [0.5, 0.6) is 0 Å². The van der Waals surface area contributed by atoms with Crippen LogP contribution in [0, 0.1) is 23.5 Å². The Morgan fingerprint density at radius 3 is 2.04 bits per heavy atom. The van der Waals surface area contributed by atoms with E-state index in [1.165, 1.54) is 6.07 Å². The van der Waals surface area contributed by atoms with Crippen molar-refractivity contribution in [2.24, 2.45) is 11.8 Å². The lowest BCUT2D eigenvalue weighted by molar-refractivity contribution is -0.128. The Morgan fingerprint density at radius 1 is 0.870 bits per heavy atom. The minimum atomic E-state index is -0.983. The van der Waals surface area contributed by atoms with Gasteiger partial charge < -0.3 is 10.6 Å². The molecule has 4 nitrogen and oxygen atoms in total. The van der Waals surface area contributed by atoms with Gasteiger partial charge in [0.15, 0.2) is 11.6 Å². The molecule has 6 heteroatoms. The van der Waals surface area contributed by atoms with Gasteiger partial charge in [-0.15, -0.1) is 0 Å². The molecule has 0 aromatic heterocycles. The van der Waals surface area contributed by atoms with Crippen molar-refractivity contribution in [1.29, 1.82) is 0 Å². The van der Waals surface area contributed by atoms with Gasteiger partial charge in [-0.3, -0.25) is 9.59 Å². The molecule has 0 bridgehead atoms. The third-order valence-electron chi connectivity index (χ3n) is 4.58. The fourth-order valence-electron chi connectivity index (χ4n) is 2.98. The number of halogens is 2. The number of carbonyl (C=O) groups is 2. The fraction of sp³-hybridized carbons (Fsp3) is 0.529. The lowest BCUT2D eigenvalue weighted by Crippen LogP contribution is -2.36. The number of amides is 2. The zero-order valence-electron chi connectivity index (χ0n) is 12.8. The SMILES string of the molecule is O=C(Nc1ccc(F)c(F)c1)C1CCC(C(=O)NC2CC2)CC1. The molecule has 2 amide bonds. The van der Waals surface area contributed by atoms with Gasteiger partial charge in [-0.1, -0.05) is 0 Å². The molecule has 1 aromatic carbocycles. The second-order valence-electron chi connectivity index (χ2n) is 6.45. The molecule has 124 valence electrons. The highest BCUT2D eigenvalue weighted by molar-refractivity contribution is 5.92. The predicted octanol–water partition coefficient (Wildman–Crippen LogP) is 2.99. The molecule has 2 N–H and O–H groups in total. The Kier molecular flexibility index (Phi) is 4.59. The van der Waals surface area contributed by atoms with Crippen LogP contribution in [0.3, 0.4) is 0 Å². The molecule has 2 saturated carbocycles. The van der Waals surface area contributed by atoms with E-state index in [-0.39, 0.29) is 29.3 Å². The van der Waals surface area contributed by atoms with Crippen molar-refractivity contribution in [3.05, 3.63) is 29.8 Å². The van der Waals surface area contributed by atoms with Gasteiger partial charge >= 0.3 is 0 Å². The Balaban J connectivity index is 1.49. The van der Waals surface area contributed by atoms with Crippen molar-refractivity contribution in [2.45, 2.75) is 44.6 Å². The molecule has 23 heavy (non-hydrogen) atoms. The van der Waals surface area contributed by atoms with Crippen molar-refractivity contribution in [3.63, 3.8) is 0 Å². The van der Waals surface area contributed by atoms with E-state index in [1.54, 1.807) is 0 Å². The van der Waals surface area contributed by atoms with Crippen LogP contribution in [-0.4, -0.2) is 17.9 Å². The van der Waals surface area contributed by atoms with E-state index < -0.39 is 11.6 Å². The van der Waals surface area contributed by atoms with Gasteiger partial charge in [0.05, 0.1) is 0 Å². The van der Waals surface area contributed by atoms with E-state index in [0.29, 0.717) is 31.7 Å². The van der Waals surface area contributed by atoms with Gasteiger partial charge in [-0.25, -0.2) is 8.78 Å². The zero-order valence-corrected chi connectivity index (χ0v) is 12.8. The second kappa shape index (κ2) is 6.64. The average molecular weight is 322 g/mol. The smallest absolute Gasteiger partial charge is 0.227 e. The molecule has 0 aliphatic heterocycles. The molecular formula is C17H20F2N2O2. The summed E-state index contributed by atoms with van der Waals surface area (Å²) in [7, 11) is 0. The first-order valence-corrected chi connectivity index (χ1v) is 8.09. The molecule has 1 aromatic rings. The van der Waals surface area contributed by atoms with Crippen LogP contribution in [0.25, 0.3) is 0 Å². The van der Waals surface area contributed by atoms with Crippen LogP contribution in [-0.2, 0) is 9.59 Å². The Hall–Kier alpha value is -1.98. The maximum atomic E-state index is 13.2. The summed E-state index contributed by atoms with van der Waals surface area (Å²) in [5.41, 5.74) is 0.252. The second-order valence-corrected chi connectivity index (χ2v) is 6.45. The van der Waals surface area contributed by atoms with Crippen molar-refractivity contribution < 1.29 is 18.4 Å². The summed E-state index contributed by atoms with van der Waals surface area (Å²) in [6, 6.07) is 3.66. The van der Waals surface area contributed by atoms with E-state index in [0.717, 1.165) is 25.0 Å². The number of hydrogen-bond donors (Lipinski definition) is 2. The number of benzene rings is 1. The third-order valence-corrected chi connectivity index (χ3v) is 4.58. The molecule has 2 aliphatic carbocycles. The molecule has 2 fully saturated rings. The Labute approximate surface area is 133 Å². The molecule has 0 heterocycles. The standard InChI is InChI=1S/C17H20F2N2O2/c18-14-8-7-13(9-15(14)19)21-17(23)11-3-1-10(2-4-11)16(22)20-12-5-6-12/h7-12H,1-6H2,(H,20,22)(H,21,23). The molecule has 3 rings (SSSR count). The van der Waals surface area contributed by atoms with Crippen LogP contribution >= 0.6 is 0 Å². The normalized spacial score (nSPS) is 24.1. The first kappa shape index (κ1) is 15.9. The highest BCUT2D eigenvalue weighted by atomic mass is 19.2. The van der Waals surface area contributed by atoms with E-state index >= 15 is 0 Å². The molecule has 0 radical (unpaired) electrons. The van der Waals surface area contributed by atoms with Gasteiger partial charge in [0, 0.05) is 29.6 Å². The molecule has 2 aliphatic rings. The number of anilines is 1. The summed E-state index contributed by atoms with van der Waals surface area (Å²) in [6.07, 6.45) is 4.79. The highest BCUT2D eigenvalue weighted by Crippen LogP contribution is 2.31. The van der Waals surface area contributed by atoms with Gasteiger partial charge in [0.1, 0.15) is 0 Å². The molecule has 0 unspecified atom stereocenters. The topological polar surface area (TPSA) is 58.2 Å². The van der Waals surface area contributed by atoms with Crippen molar-refractivity contribution in [1.82, 2.24) is 5.32 Å². The van der Waals surface area contributed by atoms with Crippen molar-refractivity contribution >= 4 is 17.5 Å². The molecular weight excluding hydrogens is 302 g/mol. The van der Waals surface area contributed by atoms with Gasteiger partial charge in [0.25, 0.3) is 0 Å². The molecule has 0 atom stereocenters. The van der Waals surface area contributed by atoms with E-state index in [4.69, 9.17) is 0 Å². The number of nitrogens with one attached hydrogen (secondary N) is 2. The van der Waals surface area contributed by atoms with Crippen LogP contribution in [0.4, 0.5) is 14.5 Å². The Bertz CT molecular complexity index is 609. The maximum absolute atomic E-state index is 13.2. The third kappa shape index (κ3) is 4.06. The van der Waals surface area contributed by atoms with Crippen LogP contribution in [0.15, 0.2) is 18.2 Å². The summed E-state index contributed by atoms with van der Waals surface area (Å²) in [5, 5.41) is 5.62. The van der Waals surface area contributed by atoms with Crippen LogP contribution in [0.1, 0.15) is 38.5 Å². The van der Waals surface area contributed by atoms with E-state index in [2.05, 4.69) is 10.6 Å². The minimum Gasteiger partial charge on any atom is -0.353 e. The number of carbonyl (C=O) groups excluding carboxylic acids is 2. The molecule has 0 spiro atoms. The fourth-order valence-corrected chi connectivity index (χ4v) is 2.98. The molecule has 0 saturated heterocycles.